The van der Waals surface area contributed by atoms with Gasteiger partial charge in [-0.1, -0.05) is 48.9 Å². The lowest BCUT2D eigenvalue weighted by atomic mass is 10.2. The lowest BCUT2D eigenvalue weighted by Crippen LogP contribution is -2.35. The predicted molar refractivity (Wildman–Crippen MR) is 137 cm³/mol. The molecule has 0 spiro atoms. The van der Waals surface area contributed by atoms with Gasteiger partial charge in [-0.25, -0.2) is 8.42 Å². The number of anilines is 1. The Hall–Kier alpha value is -3.69. The van der Waals surface area contributed by atoms with Gasteiger partial charge < -0.3 is 15.4 Å². The zero-order valence-electron chi connectivity index (χ0n) is 19.9. The van der Waals surface area contributed by atoms with Gasteiger partial charge in [0.05, 0.1) is 4.90 Å². The number of carbonyl (C=O) groups is 2. The standard InChI is InChI=1S/C27H29N3O5S/c31-26(27(32)29-23-11-13-24(14-12-23)35-20-22-7-3-1-4-8-22)28-19-21-9-15-25(16-10-21)36(33,34)30-17-5-2-6-18-30/h1,3-4,7-16H,2,5-6,17-20H2,(H,28,31)(H,29,32). The van der Waals surface area contributed by atoms with Gasteiger partial charge in [0.15, 0.2) is 0 Å². The van der Waals surface area contributed by atoms with E-state index in [0.29, 0.717) is 36.7 Å². The monoisotopic (exact) mass is 507 g/mol. The summed E-state index contributed by atoms with van der Waals surface area (Å²) in [5.74, 6) is -0.936. The van der Waals surface area contributed by atoms with Gasteiger partial charge in [0.2, 0.25) is 10.0 Å². The smallest absolute Gasteiger partial charge is 0.313 e. The van der Waals surface area contributed by atoms with E-state index in [4.69, 9.17) is 4.74 Å². The van der Waals surface area contributed by atoms with Crippen molar-refractivity contribution in [3.8, 4) is 5.75 Å². The number of sulfonamides is 1. The molecule has 4 rings (SSSR count). The molecule has 0 atom stereocenters. The van der Waals surface area contributed by atoms with Crippen LogP contribution in [0.5, 0.6) is 5.75 Å². The van der Waals surface area contributed by atoms with Crippen LogP contribution in [0, 0.1) is 0 Å². The van der Waals surface area contributed by atoms with Gasteiger partial charge in [0.25, 0.3) is 0 Å². The fraction of sp³-hybridized carbons (Fsp3) is 0.259. The molecule has 0 radical (unpaired) electrons. The van der Waals surface area contributed by atoms with Crippen molar-refractivity contribution < 1.29 is 22.7 Å². The van der Waals surface area contributed by atoms with Crippen LogP contribution < -0.4 is 15.4 Å². The van der Waals surface area contributed by atoms with E-state index in [1.165, 1.54) is 16.4 Å². The topological polar surface area (TPSA) is 105 Å². The molecule has 8 nitrogen and oxygen atoms in total. The van der Waals surface area contributed by atoms with Crippen molar-refractivity contribution in [2.75, 3.05) is 18.4 Å². The van der Waals surface area contributed by atoms with E-state index < -0.39 is 21.8 Å². The van der Waals surface area contributed by atoms with Crippen molar-refractivity contribution in [3.05, 3.63) is 90.0 Å². The van der Waals surface area contributed by atoms with Crippen molar-refractivity contribution in [2.24, 2.45) is 0 Å². The molecule has 188 valence electrons. The first kappa shape index (κ1) is 25.4. The zero-order valence-corrected chi connectivity index (χ0v) is 20.7. The van der Waals surface area contributed by atoms with Gasteiger partial charge in [0.1, 0.15) is 12.4 Å². The molecule has 1 heterocycles. The Labute approximate surface area is 211 Å². The van der Waals surface area contributed by atoms with Crippen molar-refractivity contribution in [3.63, 3.8) is 0 Å². The largest absolute Gasteiger partial charge is 0.489 e. The Morgan fingerprint density at radius 3 is 2.11 bits per heavy atom. The quantitative estimate of drug-likeness (QED) is 0.453. The summed E-state index contributed by atoms with van der Waals surface area (Å²) in [5.41, 5.74) is 2.20. The van der Waals surface area contributed by atoms with Gasteiger partial charge in [-0.15, -0.1) is 0 Å². The van der Waals surface area contributed by atoms with Gasteiger partial charge >= 0.3 is 11.8 Å². The Kier molecular flexibility index (Phi) is 8.35. The molecule has 3 aromatic carbocycles. The maximum absolute atomic E-state index is 12.7. The molecule has 36 heavy (non-hydrogen) atoms. The fourth-order valence-corrected chi connectivity index (χ4v) is 5.38. The second-order valence-corrected chi connectivity index (χ2v) is 10.5. The lowest BCUT2D eigenvalue weighted by Gasteiger charge is -2.25. The summed E-state index contributed by atoms with van der Waals surface area (Å²) in [6, 6.07) is 22.9. The predicted octanol–water partition coefficient (Wildman–Crippen LogP) is 3.70. The number of rotatable bonds is 8. The fourth-order valence-electron chi connectivity index (χ4n) is 3.86. The van der Waals surface area contributed by atoms with E-state index in [0.717, 1.165) is 24.8 Å². The molecular weight excluding hydrogens is 478 g/mol. The van der Waals surface area contributed by atoms with Crippen LogP contribution in [-0.4, -0.2) is 37.6 Å². The van der Waals surface area contributed by atoms with Crippen molar-refractivity contribution in [1.82, 2.24) is 9.62 Å². The second kappa shape index (κ2) is 11.8. The number of hydrogen-bond acceptors (Lipinski definition) is 5. The molecule has 1 saturated heterocycles. The lowest BCUT2D eigenvalue weighted by molar-refractivity contribution is -0.136. The van der Waals surface area contributed by atoms with Gasteiger partial charge in [0, 0.05) is 25.3 Å². The average molecular weight is 508 g/mol. The third-order valence-electron chi connectivity index (χ3n) is 5.90. The maximum atomic E-state index is 12.7. The van der Waals surface area contributed by atoms with Gasteiger partial charge in [-0.2, -0.15) is 4.31 Å². The van der Waals surface area contributed by atoms with E-state index in [1.807, 2.05) is 30.3 Å². The summed E-state index contributed by atoms with van der Waals surface area (Å²) in [6.45, 7) is 1.61. The first-order valence-corrected chi connectivity index (χ1v) is 13.3. The summed E-state index contributed by atoms with van der Waals surface area (Å²) in [7, 11) is -3.51. The summed E-state index contributed by atoms with van der Waals surface area (Å²) in [6.07, 6.45) is 2.79. The third-order valence-corrected chi connectivity index (χ3v) is 7.81. The summed E-state index contributed by atoms with van der Waals surface area (Å²) >= 11 is 0. The molecule has 0 aliphatic carbocycles. The van der Waals surface area contributed by atoms with Gasteiger partial charge in [-0.05, 0) is 60.4 Å². The molecule has 2 N–H and O–H groups in total. The van der Waals surface area contributed by atoms with Crippen LogP contribution in [-0.2, 0) is 32.8 Å². The summed E-state index contributed by atoms with van der Waals surface area (Å²) in [5, 5.41) is 5.11. The Balaban J connectivity index is 1.24. The minimum absolute atomic E-state index is 0.0998. The molecular formula is C27H29N3O5S. The Morgan fingerprint density at radius 1 is 0.778 bits per heavy atom. The van der Waals surface area contributed by atoms with Crippen LogP contribution in [0.4, 0.5) is 5.69 Å². The number of piperidine rings is 1. The number of carbonyl (C=O) groups excluding carboxylic acids is 2. The van der Waals surface area contributed by atoms with Crippen molar-refractivity contribution >= 4 is 27.5 Å². The SMILES string of the molecule is O=C(NCc1ccc(S(=O)(=O)N2CCCCC2)cc1)C(=O)Nc1ccc(OCc2ccccc2)cc1. The molecule has 1 aliphatic heterocycles. The van der Waals surface area contributed by atoms with E-state index in [2.05, 4.69) is 10.6 Å². The highest BCUT2D eigenvalue weighted by Gasteiger charge is 2.25. The molecule has 0 aromatic heterocycles. The number of nitrogens with zero attached hydrogens (tertiary/aromatic N) is 1. The van der Waals surface area contributed by atoms with E-state index in [1.54, 1.807) is 36.4 Å². The van der Waals surface area contributed by atoms with Gasteiger partial charge in [-0.3, -0.25) is 9.59 Å². The molecule has 2 amide bonds. The van der Waals surface area contributed by atoms with Crippen LogP contribution in [0.2, 0.25) is 0 Å². The van der Waals surface area contributed by atoms with Crippen LogP contribution in [0.25, 0.3) is 0 Å². The highest BCUT2D eigenvalue weighted by atomic mass is 32.2. The first-order chi connectivity index (χ1) is 17.4. The molecule has 0 unspecified atom stereocenters. The number of amides is 2. The van der Waals surface area contributed by atoms with E-state index >= 15 is 0 Å². The number of nitrogens with one attached hydrogen (secondary N) is 2. The van der Waals surface area contributed by atoms with E-state index in [9.17, 15) is 18.0 Å². The number of hydrogen-bond donors (Lipinski definition) is 2. The minimum atomic E-state index is -3.51. The van der Waals surface area contributed by atoms with Crippen molar-refractivity contribution in [1.29, 1.82) is 0 Å². The summed E-state index contributed by atoms with van der Waals surface area (Å²) in [4.78, 5) is 24.7. The van der Waals surface area contributed by atoms with Crippen LogP contribution in [0.15, 0.2) is 83.8 Å². The van der Waals surface area contributed by atoms with Crippen LogP contribution >= 0.6 is 0 Å². The Morgan fingerprint density at radius 2 is 1.44 bits per heavy atom. The minimum Gasteiger partial charge on any atom is -0.489 e. The molecule has 1 aliphatic rings. The zero-order chi connectivity index (χ0) is 25.4. The number of ether oxygens (including phenoxy) is 1. The highest BCUT2D eigenvalue weighted by molar-refractivity contribution is 7.89. The van der Waals surface area contributed by atoms with Crippen LogP contribution in [0.3, 0.4) is 0 Å². The van der Waals surface area contributed by atoms with Crippen LogP contribution in [0.1, 0.15) is 30.4 Å². The normalized spacial score (nSPS) is 14.1. The molecule has 0 saturated carbocycles. The average Bonchev–Trinajstić information content (AvgIpc) is 2.92. The van der Waals surface area contributed by atoms with E-state index in [-0.39, 0.29) is 11.4 Å². The third kappa shape index (κ3) is 6.71. The first-order valence-electron chi connectivity index (χ1n) is 11.9. The number of benzene rings is 3. The maximum Gasteiger partial charge on any atom is 0.313 e. The molecule has 9 heteroatoms. The molecule has 3 aromatic rings. The van der Waals surface area contributed by atoms with Crippen molar-refractivity contribution in [2.45, 2.75) is 37.3 Å². The second-order valence-electron chi connectivity index (χ2n) is 8.54. The highest BCUT2D eigenvalue weighted by Crippen LogP contribution is 2.21. The molecule has 1 fully saturated rings. The molecule has 0 bridgehead atoms. The summed E-state index contributed by atoms with van der Waals surface area (Å²) < 4.78 is 32.7. The Bertz CT molecular complexity index is 1270.